The van der Waals surface area contributed by atoms with Gasteiger partial charge in [0.1, 0.15) is 5.82 Å². The lowest BCUT2D eigenvalue weighted by molar-refractivity contribution is -0.385. The maximum Gasteiger partial charge on any atom is 0.272 e. The van der Waals surface area contributed by atoms with Crippen molar-refractivity contribution >= 4 is 27.3 Å². The molecule has 2 aromatic rings. The highest BCUT2D eigenvalue weighted by molar-refractivity contribution is 9.10. The monoisotopic (exact) mass is 338 g/mol. The maximum atomic E-state index is 13.1. The van der Waals surface area contributed by atoms with Crippen LogP contribution in [0.1, 0.15) is 11.1 Å². The lowest BCUT2D eigenvalue weighted by Gasteiger charge is -2.08. The van der Waals surface area contributed by atoms with Crippen molar-refractivity contribution < 1.29 is 9.31 Å². The topological polar surface area (TPSA) is 55.2 Å². The van der Waals surface area contributed by atoms with E-state index in [9.17, 15) is 14.5 Å². The molecule has 4 nitrogen and oxygen atoms in total. The number of halogens is 2. The zero-order valence-electron chi connectivity index (χ0n) is 10.7. The first-order chi connectivity index (χ1) is 9.47. The van der Waals surface area contributed by atoms with Crippen LogP contribution in [-0.4, -0.2) is 4.92 Å². The smallest absolute Gasteiger partial charge is 0.272 e. The summed E-state index contributed by atoms with van der Waals surface area (Å²) in [5, 5.41) is 13.9. The van der Waals surface area contributed by atoms with Crippen molar-refractivity contribution in [1.29, 1.82) is 0 Å². The van der Waals surface area contributed by atoms with Crippen molar-refractivity contribution in [3.05, 3.63) is 67.9 Å². The predicted molar refractivity (Wildman–Crippen MR) is 79.3 cm³/mol. The second kappa shape index (κ2) is 6.00. The van der Waals surface area contributed by atoms with Gasteiger partial charge >= 0.3 is 0 Å². The van der Waals surface area contributed by atoms with Crippen LogP contribution in [0, 0.1) is 22.9 Å². The average molecular weight is 339 g/mol. The molecule has 2 aromatic carbocycles. The van der Waals surface area contributed by atoms with Crippen LogP contribution in [-0.2, 0) is 6.54 Å². The molecule has 0 aliphatic rings. The minimum atomic E-state index is -0.407. The van der Waals surface area contributed by atoms with Gasteiger partial charge in [-0.05, 0) is 52.7 Å². The molecule has 1 N–H and O–H groups in total. The van der Waals surface area contributed by atoms with Gasteiger partial charge in [0.15, 0.2) is 0 Å². The van der Waals surface area contributed by atoms with E-state index in [0.29, 0.717) is 16.6 Å². The number of rotatable bonds is 4. The van der Waals surface area contributed by atoms with E-state index in [1.165, 1.54) is 12.1 Å². The van der Waals surface area contributed by atoms with Crippen molar-refractivity contribution in [2.45, 2.75) is 13.5 Å². The summed E-state index contributed by atoms with van der Waals surface area (Å²) in [6.07, 6.45) is 0. The number of hydrogen-bond donors (Lipinski definition) is 1. The molecule has 0 aliphatic carbocycles. The van der Waals surface area contributed by atoms with E-state index in [2.05, 4.69) is 21.2 Å². The van der Waals surface area contributed by atoms with Crippen LogP contribution in [0.3, 0.4) is 0 Å². The Bertz CT molecular complexity index is 662. The van der Waals surface area contributed by atoms with Gasteiger partial charge in [-0.1, -0.05) is 6.07 Å². The molecule has 0 atom stereocenters. The minimum Gasteiger partial charge on any atom is -0.381 e. The summed E-state index contributed by atoms with van der Waals surface area (Å²) in [7, 11) is 0. The van der Waals surface area contributed by atoms with Gasteiger partial charge in [-0.25, -0.2) is 4.39 Å². The minimum absolute atomic E-state index is 0.0973. The summed E-state index contributed by atoms with van der Waals surface area (Å²) in [6.45, 7) is 2.20. The van der Waals surface area contributed by atoms with Gasteiger partial charge in [-0.3, -0.25) is 10.1 Å². The first-order valence-corrected chi connectivity index (χ1v) is 6.69. The number of hydrogen-bond acceptors (Lipinski definition) is 3. The molecule has 0 saturated heterocycles. The number of aryl methyl sites for hydroxylation is 1. The summed E-state index contributed by atoms with van der Waals surface area (Å²) < 4.78 is 13.5. The van der Waals surface area contributed by atoms with Crippen molar-refractivity contribution in [1.82, 2.24) is 0 Å². The van der Waals surface area contributed by atoms with Crippen molar-refractivity contribution in [2.24, 2.45) is 0 Å². The first-order valence-electron chi connectivity index (χ1n) is 5.90. The van der Waals surface area contributed by atoms with Crippen LogP contribution < -0.4 is 5.32 Å². The largest absolute Gasteiger partial charge is 0.381 e. The van der Waals surface area contributed by atoms with Crippen molar-refractivity contribution in [3.8, 4) is 0 Å². The molecular formula is C14H12BrFN2O2. The molecule has 104 valence electrons. The number of nitro benzene ring substituents is 1. The standard InChI is InChI=1S/C14H12BrFN2O2/c1-9-6-11(3-5-14(9)18(19)20)17-8-10-2-4-13(16)12(15)7-10/h2-7,17H,8H2,1H3. The van der Waals surface area contributed by atoms with Gasteiger partial charge in [-0.2, -0.15) is 0 Å². The highest BCUT2D eigenvalue weighted by Gasteiger charge is 2.10. The van der Waals surface area contributed by atoms with E-state index in [1.54, 1.807) is 31.2 Å². The van der Waals surface area contributed by atoms with E-state index in [4.69, 9.17) is 0 Å². The fraction of sp³-hybridized carbons (Fsp3) is 0.143. The summed E-state index contributed by atoms with van der Waals surface area (Å²) in [4.78, 5) is 10.3. The van der Waals surface area contributed by atoms with Gasteiger partial charge < -0.3 is 5.32 Å². The Kier molecular flexibility index (Phi) is 4.34. The highest BCUT2D eigenvalue weighted by Crippen LogP contribution is 2.22. The average Bonchev–Trinajstić information content (AvgIpc) is 2.40. The van der Waals surface area contributed by atoms with E-state index in [0.717, 1.165) is 11.3 Å². The lowest BCUT2D eigenvalue weighted by atomic mass is 10.1. The molecule has 6 heteroatoms. The van der Waals surface area contributed by atoms with E-state index in [1.807, 2.05) is 0 Å². The Morgan fingerprint density at radius 3 is 2.65 bits per heavy atom. The highest BCUT2D eigenvalue weighted by atomic mass is 79.9. The Hall–Kier alpha value is -1.95. The molecular weight excluding hydrogens is 327 g/mol. The van der Waals surface area contributed by atoms with Crippen molar-refractivity contribution in [2.75, 3.05) is 5.32 Å². The Morgan fingerprint density at radius 2 is 2.05 bits per heavy atom. The maximum absolute atomic E-state index is 13.1. The van der Waals surface area contributed by atoms with Gasteiger partial charge in [0.25, 0.3) is 5.69 Å². The number of nitrogens with zero attached hydrogens (tertiary/aromatic N) is 1. The quantitative estimate of drug-likeness (QED) is 0.663. The Morgan fingerprint density at radius 1 is 1.30 bits per heavy atom. The fourth-order valence-electron chi connectivity index (χ4n) is 1.82. The normalized spacial score (nSPS) is 10.3. The fourth-order valence-corrected chi connectivity index (χ4v) is 2.25. The lowest BCUT2D eigenvalue weighted by Crippen LogP contribution is -2.01. The second-order valence-corrected chi connectivity index (χ2v) is 5.21. The van der Waals surface area contributed by atoms with Crippen molar-refractivity contribution in [3.63, 3.8) is 0 Å². The number of benzene rings is 2. The molecule has 0 unspecified atom stereocenters. The summed E-state index contributed by atoms with van der Waals surface area (Å²) >= 11 is 3.13. The molecule has 0 radical (unpaired) electrons. The van der Waals surface area contributed by atoms with E-state index < -0.39 is 4.92 Å². The zero-order chi connectivity index (χ0) is 14.7. The molecule has 0 fully saturated rings. The Labute approximate surface area is 123 Å². The van der Waals surface area contributed by atoms with Crippen LogP contribution >= 0.6 is 15.9 Å². The summed E-state index contributed by atoms with van der Waals surface area (Å²) in [6, 6.07) is 9.62. The van der Waals surface area contributed by atoms with E-state index in [-0.39, 0.29) is 11.5 Å². The summed E-state index contributed by atoms with van der Waals surface area (Å²) in [5.41, 5.74) is 2.39. The van der Waals surface area contributed by atoms with Crippen LogP contribution in [0.15, 0.2) is 40.9 Å². The molecule has 0 amide bonds. The van der Waals surface area contributed by atoms with Gasteiger partial charge in [0.2, 0.25) is 0 Å². The van der Waals surface area contributed by atoms with Gasteiger partial charge in [-0.15, -0.1) is 0 Å². The third-order valence-electron chi connectivity index (χ3n) is 2.87. The molecule has 0 spiro atoms. The molecule has 0 heterocycles. The number of nitrogens with one attached hydrogen (secondary N) is 1. The van der Waals surface area contributed by atoms with Crippen LogP contribution in [0.25, 0.3) is 0 Å². The van der Waals surface area contributed by atoms with Gasteiger partial charge in [0.05, 0.1) is 9.40 Å². The molecule has 2 rings (SSSR count). The predicted octanol–water partition coefficient (Wildman–Crippen LogP) is 4.42. The molecule has 0 bridgehead atoms. The first kappa shape index (κ1) is 14.5. The summed E-state index contributed by atoms with van der Waals surface area (Å²) in [5.74, 6) is -0.306. The second-order valence-electron chi connectivity index (χ2n) is 4.36. The molecule has 20 heavy (non-hydrogen) atoms. The van der Waals surface area contributed by atoms with Gasteiger partial charge in [0, 0.05) is 23.9 Å². The third-order valence-corrected chi connectivity index (χ3v) is 3.48. The number of anilines is 1. The zero-order valence-corrected chi connectivity index (χ0v) is 12.3. The molecule has 0 aromatic heterocycles. The van der Waals surface area contributed by atoms with Crippen LogP contribution in [0.5, 0.6) is 0 Å². The Balaban J connectivity index is 2.09. The van der Waals surface area contributed by atoms with E-state index >= 15 is 0 Å². The molecule has 0 saturated carbocycles. The molecule has 0 aliphatic heterocycles. The number of nitro groups is 1. The third kappa shape index (κ3) is 3.33. The van der Waals surface area contributed by atoms with Crippen LogP contribution in [0.4, 0.5) is 15.8 Å². The van der Waals surface area contributed by atoms with Crippen LogP contribution in [0.2, 0.25) is 0 Å². The SMILES string of the molecule is Cc1cc(NCc2ccc(F)c(Br)c2)ccc1[N+](=O)[O-].